The molecule has 3 N–H and O–H groups in total. The van der Waals surface area contributed by atoms with E-state index in [0.29, 0.717) is 57.0 Å². The molecule has 0 bridgehead atoms. The molecule has 0 spiro atoms. The van der Waals surface area contributed by atoms with Crippen LogP contribution in [0.5, 0.6) is 5.75 Å². The lowest BCUT2D eigenvalue weighted by atomic mass is 10.0. The first-order valence-electron chi connectivity index (χ1n) is 20.5. The largest absolute Gasteiger partial charge is 0.491 e. The van der Waals surface area contributed by atoms with Crippen molar-refractivity contribution in [1.82, 2.24) is 25.2 Å². The number of aryl methyl sites for hydroxylation is 1. The van der Waals surface area contributed by atoms with Crippen molar-refractivity contribution < 1.29 is 33.4 Å². The Labute approximate surface area is 360 Å². The fourth-order valence-corrected chi connectivity index (χ4v) is 7.83. The predicted octanol–water partition coefficient (Wildman–Crippen LogP) is 6.17. The number of H-pyrrole nitrogens is 1. The van der Waals surface area contributed by atoms with Crippen LogP contribution in [-0.4, -0.2) is 111 Å². The average molecular weight is 848 g/mol. The van der Waals surface area contributed by atoms with Crippen molar-refractivity contribution >= 4 is 53.4 Å². The van der Waals surface area contributed by atoms with Gasteiger partial charge in [0.15, 0.2) is 17.1 Å². The van der Waals surface area contributed by atoms with Crippen molar-refractivity contribution in [2.45, 2.75) is 51.5 Å². The summed E-state index contributed by atoms with van der Waals surface area (Å²) < 4.78 is 11.7. The van der Waals surface area contributed by atoms with Crippen LogP contribution in [0.15, 0.2) is 66.9 Å². The number of benzene rings is 3. The number of thiazole rings is 1. The second-order valence-electron chi connectivity index (χ2n) is 15.1. The highest BCUT2D eigenvalue weighted by atomic mass is 32.1. The van der Waals surface area contributed by atoms with E-state index in [9.17, 15) is 24.0 Å². The van der Waals surface area contributed by atoms with Gasteiger partial charge in [-0.25, -0.2) is 9.97 Å². The molecule has 3 aromatic carbocycles. The molecule has 320 valence electrons. The Morgan fingerprint density at radius 3 is 2.62 bits per heavy atom. The molecule has 15 heteroatoms. The zero-order valence-electron chi connectivity index (χ0n) is 35.1. The summed E-state index contributed by atoms with van der Waals surface area (Å²) >= 11 is 1.64. The number of ether oxygens (including phenoxy) is 2. The Bertz CT molecular complexity index is 2320. The van der Waals surface area contributed by atoms with E-state index in [1.165, 1.54) is 36.3 Å². The molecule has 1 aliphatic carbocycles. The summed E-state index contributed by atoms with van der Waals surface area (Å²) in [5.74, 6) is 1.23. The number of aldehydes is 3. The van der Waals surface area contributed by atoms with E-state index in [0.717, 1.165) is 76.1 Å². The summed E-state index contributed by atoms with van der Waals surface area (Å²) in [7, 11) is 5.12. The van der Waals surface area contributed by atoms with E-state index in [4.69, 9.17) is 14.5 Å². The molecule has 0 radical (unpaired) electrons. The first-order valence-corrected chi connectivity index (χ1v) is 21.3. The van der Waals surface area contributed by atoms with E-state index >= 15 is 0 Å². The summed E-state index contributed by atoms with van der Waals surface area (Å²) in [6.07, 6.45) is 8.39. The second-order valence-corrected chi connectivity index (χ2v) is 16.3. The fraction of sp³-hybridized carbons (Fsp3) is 0.370. The molecule has 14 nitrogen and oxygen atoms in total. The fourth-order valence-electron chi connectivity index (χ4n) is 6.94. The molecule has 61 heavy (non-hydrogen) atoms. The summed E-state index contributed by atoms with van der Waals surface area (Å²) in [5, 5.41) is 6.53. The molecule has 3 heterocycles. The number of carbonyl (C=O) groups excluding carboxylic acids is 5. The van der Waals surface area contributed by atoms with Crippen LogP contribution in [0.2, 0.25) is 0 Å². The lowest BCUT2D eigenvalue weighted by molar-refractivity contribution is -0.121. The maximum Gasteiger partial charge on any atom is 0.255 e. The van der Waals surface area contributed by atoms with E-state index in [2.05, 4.69) is 63.7 Å². The molecule has 1 atom stereocenters. The lowest BCUT2D eigenvalue weighted by Crippen LogP contribution is -2.39. The number of aromatic nitrogens is 3. The number of fused-ring (bicyclic) bond motifs is 1. The van der Waals surface area contributed by atoms with Gasteiger partial charge in [-0.05, 0) is 80.1 Å². The van der Waals surface area contributed by atoms with Crippen LogP contribution < -0.4 is 20.3 Å². The Morgan fingerprint density at radius 2 is 1.89 bits per heavy atom. The Hall–Kier alpha value is -6.19. The van der Waals surface area contributed by atoms with Gasteiger partial charge in [-0.1, -0.05) is 24.3 Å². The highest BCUT2D eigenvalue weighted by molar-refractivity contribution is 7.15. The molecule has 1 fully saturated rings. The Balaban J connectivity index is 0.00000116. The number of rotatable bonds is 20. The minimum atomic E-state index is -0.810. The van der Waals surface area contributed by atoms with Crippen molar-refractivity contribution in [3.05, 3.63) is 99.7 Å². The minimum absolute atomic E-state index is 0.0924. The molecule has 0 saturated heterocycles. The molecule has 1 saturated carbocycles. The van der Waals surface area contributed by atoms with Gasteiger partial charge in [0.05, 0.1) is 36.1 Å². The first kappa shape index (κ1) is 44.4. The maximum absolute atomic E-state index is 13.2. The number of nitrogens with one attached hydrogen (secondary N) is 3. The van der Waals surface area contributed by atoms with Crippen LogP contribution in [0.25, 0.3) is 22.1 Å². The predicted molar refractivity (Wildman–Crippen MR) is 237 cm³/mol. The number of imidazole rings is 1. The smallest absolute Gasteiger partial charge is 0.255 e. The van der Waals surface area contributed by atoms with Gasteiger partial charge in [-0.2, -0.15) is 0 Å². The molecule has 7 rings (SSSR count). The van der Waals surface area contributed by atoms with Crippen molar-refractivity contribution in [2.75, 3.05) is 64.3 Å². The van der Waals surface area contributed by atoms with Gasteiger partial charge in [0.2, 0.25) is 5.91 Å². The van der Waals surface area contributed by atoms with E-state index in [1.54, 1.807) is 23.5 Å². The molecule has 2 aromatic heterocycles. The third kappa shape index (κ3) is 11.8. The normalized spacial score (nSPS) is 13.3. The highest BCUT2D eigenvalue weighted by Gasteiger charge is 2.25. The lowest BCUT2D eigenvalue weighted by Gasteiger charge is -2.24. The van der Waals surface area contributed by atoms with Gasteiger partial charge < -0.3 is 44.5 Å². The summed E-state index contributed by atoms with van der Waals surface area (Å²) in [6.45, 7) is 4.56. The van der Waals surface area contributed by atoms with Crippen LogP contribution in [0, 0.1) is 12.8 Å². The topological polar surface area (TPSA) is 176 Å². The Morgan fingerprint density at radius 1 is 1.07 bits per heavy atom. The van der Waals surface area contributed by atoms with Crippen LogP contribution >= 0.6 is 11.3 Å². The molecular formula is C46H53N7O7S. The number of anilines is 2. The number of hydrogen-bond donors (Lipinski definition) is 3. The van der Waals surface area contributed by atoms with E-state index in [1.807, 2.05) is 24.4 Å². The quantitative estimate of drug-likeness (QED) is 0.0603. The number of likely N-dealkylation sites (N-methyl/N-ethyl adjacent to an activating group) is 2. The van der Waals surface area contributed by atoms with Gasteiger partial charge >= 0.3 is 0 Å². The summed E-state index contributed by atoms with van der Waals surface area (Å²) in [5.41, 5.74) is 7.67. The monoisotopic (exact) mass is 847 g/mol. The number of nitrogens with zero attached hydrogens (tertiary/aromatic N) is 4. The standard InChI is InChI=1S/C42H47N7O6S.C4H6O/c1-27-39(30-11-13-37-29(23-30)15-17-48(37)3)47-41(56-27)40-45-24-31(46-40)21-28-7-5-8-33(22-28)55-20-19-54-18-16-44-36-10-6-9-34(35(36)26-51)42(53)49(4)32(25-50)12-14-38(52)43-2;5-3-4-1-2-4/h5-11,13,22-26,32,44H,12,14-21H2,1-4H3,(H,43,52)(H,45,46);3-4H,1-2H2. The number of carbonyl (C=O) groups is 5. The molecule has 2 aliphatic rings. The van der Waals surface area contributed by atoms with Crippen LogP contribution in [0.3, 0.4) is 0 Å². The summed E-state index contributed by atoms with van der Waals surface area (Å²) in [6, 6.07) is 18.6. The van der Waals surface area contributed by atoms with Crippen molar-refractivity contribution in [2.24, 2.45) is 5.92 Å². The molecule has 1 unspecified atom stereocenters. The van der Waals surface area contributed by atoms with Crippen LogP contribution in [-0.2, 0) is 32.0 Å². The summed E-state index contributed by atoms with van der Waals surface area (Å²) in [4.78, 5) is 76.0. The van der Waals surface area contributed by atoms with Gasteiger partial charge in [0.25, 0.3) is 5.91 Å². The van der Waals surface area contributed by atoms with Crippen molar-refractivity contribution in [3.8, 4) is 27.8 Å². The highest BCUT2D eigenvalue weighted by Crippen LogP contribution is 2.36. The Kier molecular flexibility index (Phi) is 15.5. The van der Waals surface area contributed by atoms with Crippen LogP contribution in [0.4, 0.5) is 11.4 Å². The van der Waals surface area contributed by atoms with Crippen LogP contribution in [0.1, 0.15) is 68.1 Å². The SMILES string of the molecule is CNC(=O)CCC(C=O)N(C)C(=O)c1cccc(NCCOCCOc2cccc(Cc3cnc(-c4nc(-c5ccc6c(c5)CCN6C)c(C)s4)[nH]3)c2)c1C=O.O=CC1CC1. The van der Waals surface area contributed by atoms with E-state index in [-0.39, 0.29) is 29.9 Å². The maximum atomic E-state index is 13.2. The third-order valence-corrected chi connectivity index (χ3v) is 11.6. The zero-order chi connectivity index (χ0) is 43.3. The van der Waals surface area contributed by atoms with Crippen molar-refractivity contribution in [1.29, 1.82) is 0 Å². The van der Waals surface area contributed by atoms with E-state index < -0.39 is 11.9 Å². The second kappa shape index (κ2) is 21.4. The molecule has 1 aliphatic heterocycles. The average Bonchev–Trinajstić information content (AvgIpc) is 3.71. The number of amides is 2. The number of hydrogen-bond acceptors (Lipinski definition) is 12. The zero-order valence-corrected chi connectivity index (χ0v) is 35.9. The molecule has 2 amide bonds. The van der Waals surface area contributed by atoms with Gasteiger partial charge in [0.1, 0.15) is 24.9 Å². The van der Waals surface area contributed by atoms with Gasteiger partial charge in [0, 0.05) is 86.7 Å². The number of aromatic amines is 1. The first-order chi connectivity index (χ1) is 29.6. The van der Waals surface area contributed by atoms with Gasteiger partial charge in [-0.15, -0.1) is 11.3 Å². The third-order valence-electron chi connectivity index (χ3n) is 10.6. The van der Waals surface area contributed by atoms with Gasteiger partial charge in [-0.3, -0.25) is 14.4 Å². The minimum Gasteiger partial charge on any atom is -0.491 e. The molecule has 5 aromatic rings. The van der Waals surface area contributed by atoms with Crippen molar-refractivity contribution in [3.63, 3.8) is 0 Å². The molecular weight excluding hydrogens is 795 g/mol.